The van der Waals surface area contributed by atoms with Crippen LogP contribution in [0.4, 0.5) is 16.2 Å². The number of urea groups is 1. The number of nitrogens with one attached hydrogen (secondary N) is 1. The lowest BCUT2D eigenvalue weighted by molar-refractivity contribution is -0.0596. The van der Waals surface area contributed by atoms with Crippen LogP contribution < -0.4 is 11.1 Å². The van der Waals surface area contributed by atoms with E-state index in [1.807, 2.05) is 23.1 Å². The van der Waals surface area contributed by atoms with Crippen molar-refractivity contribution in [3.05, 3.63) is 48.0 Å². The van der Waals surface area contributed by atoms with Crippen molar-refractivity contribution >= 4 is 17.4 Å². The zero-order valence-corrected chi connectivity index (χ0v) is 15.1. The largest absolute Gasteiger partial charge is 0.397 e. The second-order valence-electron chi connectivity index (χ2n) is 7.57. The smallest absolute Gasteiger partial charge is 0.321 e. The van der Waals surface area contributed by atoms with Gasteiger partial charge in [-0.15, -0.1) is 0 Å². The molecule has 2 aliphatic rings. The molecule has 0 atom stereocenters. The summed E-state index contributed by atoms with van der Waals surface area (Å²) < 4.78 is 5.43. The quantitative estimate of drug-likeness (QED) is 0.807. The van der Waals surface area contributed by atoms with Gasteiger partial charge in [0, 0.05) is 31.7 Å². The van der Waals surface area contributed by atoms with Gasteiger partial charge in [0.2, 0.25) is 0 Å². The van der Waals surface area contributed by atoms with E-state index in [1.165, 1.54) is 5.56 Å². The number of rotatable bonds is 2. The lowest BCUT2D eigenvalue weighted by Gasteiger charge is -2.51. The van der Waals surface area contributed by atoms with E-state index < -0.39 is 0 Å². The first-order valence-electron chi connectivity index (χ1n) is 9.15. The van der Waals surface area contributed by atoms with Crippen LogP contribution in [0.2, 0.25) is 0 Å². The highest BCUT2D eigenvalue weighted by molar-refractivity contribution is 5.94. The van der Waals surface area contributed by atoms with Gasteiger partial charge in [0.15, 0.2) is 0 Å². The number of carbonyl (C=O) groups is 1. The van der Waals surface area contributed by atoms with Crippen molar-refractivity contribution < 1.29 is 9.53 Å². The Morgan fingerprint density at radius 3 is 2.42 bits per heavy atom. The van der Waals surface area contributed by atoms with Crippen molar-refractivity contribution in [2.75, 3.05) is 37.4 Å². The Kier molecular flexibility index (Phi) is 4.32. The molecule has 0 unspecified atom stereocenters. The maximum Gasteiger partial charge on any atom is 0.321 e. The molecule has 26 heavy (non-hydrogen) atoms. The SMILES string of the molecule is Cc1ccc(-c2ccc(N)c(NC(=O)N3CC4(CCOCC4)C3)c2)cc1. The molecule has 2 aromatic carbocycles. The Morgan fingerprint density at radius 1 is 1.08 bits per heavy atom. The number of carbonyl (C=O) groups excluding carboxylic acids is 1. The van der Waals surface area contributed by atoms with Gasteiger partial charge in [-0.2, -0.15) is 0 Å². The van der Waals surface area contributed by atoms with Crippen molar-refractivity contribution in [2.24, 2.45) is 5.41 Å². The van der Waals surface area contributed by atoms with Gasteiger partial charge >= 0.3 is 6.03 Å². The maximum absolute atomic E-state index is 12.6. The van der Waals surface area contributed by atoms with E-state index in [4.69, 9.17) is 10.5 Å². The van der Waals surface area contributed by atoms with Crippen LogP contribution in [-0.4, -0.2) is 37.2 Å². The number of aryl methyl sites for hydroxylation is 1. The number of benzene rings is 2. The van der Waals surface area contributed by atoms with Crippen molar-refractivity contribution in [1.82, 2.24) is 4.90 Å². The highest BCUT2D eigenvalue weighted by Gasteiger charge is 2.45. The number of hydrogen-bond acceptors (Lipinski definition) is 3. The number of ether oxygens (including phenoxy) is 1. The summed E-state index contributed by atoms with van der Waals surface area (Å²) in [6, 6.07) is 14.0. The van der Waals surface area contributed by atoms with Crippen LogP contribution >= 0.6 is 0 Å². The summed E-state index contributed by atoms with van der Waals surface area (Å²) in [7, 11) is 0. The van der Waals surface area contributed by atoms with Crippen molar-refractivity contribution in [3.63, 3.8) is 0 Å². The van der Waals surface area contributed by atoms with Gasteiger partial charge in [-0.1, -0.05) is 35.9 Å². The molecule has 0 bridgehead atoms. The van der Waals surface area contributed by atoms with Gasteiger partial charge in [-0.25, -0.2) is 4.79 Å². The molecule has 4 rings (SSSR count). The second-order valence-corrected chi connectivity index (χ2v) is 7.57. The number of nitrogens with zero attached hydrogens (tertiary/aromatic N) is 1. The summed E-state index contributed by atoms with van der Waals surface area (Å²) in [5, 5.41) is 2.99. The Labute approximate surface area is 154 Å². The first-order chi connectivity index (χ1) is 12.5. The number of likely N-dealkylation sites (tertiary alicyclic amines) is 1. The van der Waals surface area contributed by atoms with Gasteiger partial charge in [-0.3, -0.25) is 0 Å². The van der Waals surface area contributed by atoms with E-state index in [1.54, 1.807) is 0 Å². The number of anilines is 2. The van der Waals surface area contributed by atoms with Gasteiger partial charge in [0.05, 0.1) is 11.4 Å². The molecule has 5 nitrogen and oxygen atoms in total. The molecule has 5 heteroatoms. The summed E-state index contributed by atoms with van der Waals surface area (Å²) >= 11 is 0. The van der Waals surface area contributed by atoms with Crippen LogP contribution in [0.25, 0.3) is 11.1 Å². The van der Waals surface area contributed by atoms with Crippen molar-refractivity contribution in [1.29, 1.82) is 0 Å². The summed E-state index contributed by atoms with van der Waals surface area (Å²) in [6.45, 7) is 5.29. The van der Waals surface area contributed by atoms with Gasteiger partial charge in [-0.05, 0) is 43.0 Å². The van der Waals surface area contributed by atoms with Crippen LogP contribution in [0, 0.1) is 12.3 Å². The summed E-state index contributed by atoms with van der Waals surface area (Å²) in [6.07, 6.45) is 2.09. The molecule has 2 fully saturated rings. The zero-order valence-electron chi connectivity index (χ0n) is 15.1. The minimum Gasteiger partial charge on any atom is -0.397 e. The Hall–Kier alpha value is -2.53. The first kappa shape index (κ1) is 16.9. The maximum atomic E-state index is 12.6. The number of nitrogen functional groups attached to an aromatic ring is 1. The van der Waals surface area contributed by atoms with Gasteiger partial charge in [0.25, 0.3) is 0 Å². The Morgan fingerprint density at radius 2 is 1.73 bits per heavy atom. The minimum absolute atomic E-state index is 0.0742. The second kappa shape index (κ2) is 6.65. The predicted molar refractivity (Wildman–Crippen MR) is 104 cm³/mol. The van der Waals surface area contributed by atoms with E-state index in [9.17, 15) is 4.79 Å². The first-order valence-corrected chi connectivity index (χ1v) is 9.15. The van der Waals surface area contributed by atoms with Crippen LogP contribution in [0.5, 0.6) is 0 Å². The van der Waals surface area contributed by atoms with E-state index in [2.05, 4.69) is 36.5 Å². The highest BCUT2D eigenvalue weighted by atomic mass is 16.5. The van der Waals surface area contributed by atoms with Gasteiger partial charge < -0.3 is 20.7 Å². The molecule has 0 saturated carbocycles. The third-order valence-electron chi connectivity index (χ3n) is 5.57. The molecule has 2 amide bonds. The summed E-state index contributed by atoms with van der Waals surface area (Å²) in [5.74, 6) is 0. The van der Waals surface area contributed by atoms with Crippen LogP contribution in [0.15, 0.2) is 42.5 Å². The van der Waals surface area contributed by atoms with E-state index >= 15 is 0 Å². The molecule has 0 aromatic heterocycles. The average molecular weight is 351 g/mol. The van der Waals surface area contributed by atoms with Crippen molar-refractivity contribution in [2.45, 2.75) is 19.8 Å². The fourth-order valence-electron chi connectivity index (χ4n) is 3.81. The lowest BCUT2D eigenvalue weighted by Crippen LogP contribution is -2.61. The molecule has 0 radical (unpaired) electrons. The topological polar surface area (TPSA) is 67.6 Å². The number of amides is 2. The molecular formula is C21H25N3O2. The van der Waals surface area contributed by atoms with E-state index in [0.29, 0.717) is 11.4 Å². The average Bonchev–Trinajstić information content (AvgIpc) is 2.63. The third-order valence-corrected chi connectivity index (χ3v) is 5.57. The van der Waals surface area contributed by atoms with Crippen LogP contribution in [-0.2, 0) is 4.74 Å². The Bertz CT molecular complexity index is 803. The fraction of sp³-hybridized carbons (Fsp3) is 0.381. The molecular weight excluding hydrogens is 326 g/mol. The van der Waals surface area contributed by atoms with E-state index in [-0.39, 0.29) is 11.4 Å². The highest BCUT2D eigenvalue weighted by Crippen LogP contribution is 2.40. The monoisotopic (exact) mass is 351 g/mol. The molecule has 0 aliphatic carbocycles. The van der Waals surface area contributed by atoms with Crippen LogP contribution in [0.1, 0.15) is 18.4 Å². The van der Waals surface area contributed by atoms with Gasteiger partial charge in [0.1, 0.15) is 0 Å². The number of hydrogen-bond donors (Lipinski definition) is 2. The fourth-order valence-corrected chi connectivity index (χ4v) is 3.81. The zero-order chi connectivity index (χ0) is 18.1. The van der Waals surface area contributed by atoms with Crippen molar-refractivity contribution in [3.8, 4) is 11.1 Å². The predicted octanol–water partition coefficient (Wildman–Crippen LogP) is 3.89. The third kappa shape index (κ3) is 3.27. The molecule has 2 heterocycles. The normalized spacial score (nSPS) is 18.4. The Balaban J connectivity index is 1.45. The lowest BCUT2D eigenvalue weighted by atomic mass is 9.73. The summed E-state index contributed by atoms with van der Waals surface area (Å²) in [4.78, 5) is 14.5. The molecule has 1 spiro atoms. The van der Waals surface area contributed by atoms with E-state index in [0.717, 1.165) is 50.3 Å². The molecule has 136 valence electrons. The molecule has 2 aliphatic heterocycles. The summed E-state index contributed by atoms with van der Waals surface area (Å²) in [5.41, 5.74) is 11.0. The molecule has 3 N–H and O–H groups in total. The molecule has 2 aromatic rings. The van der Waals surface area contributed by atoms with Crippen LogP contribution in [0.3, 0.4) is 0 Å². The minimum atomic E-state index is -0.0742. The number of nitrogens with two attached hydrogens (primary N) is 1. The molecule has 2 saturated heterocycles. The standard InChI is InChI=1S/C21H25N3O2/c1-15-2-4-16(5-3-15)17-6-7-18(22)19(12-17)23-20(25)24-13-21(14-24)8-10-26-11-9-21/h2-7,12H,8-11,13-14,22H2,1H3,(H,23,25).